The molecule has 0 aromatic rings. The number of hydrogen-bond donors (Lipinski definition) is 1. The number of piperazine rings is 1. The predicted octanol–water partition coefficient (Wildman–Crippen LogP) is 0.472. The first-order valence-electron chi connectivity index (χ1n) is 4.93. The second kappa shape index (κ2) is 4.01. The van der Waals surface area contributed by atoms with Crippen molar-refractivity contribution in [2.24, 2.45) is 4.99 Å². The number of nitrogens with one attached hydrogen (secondary N) is 1. The monoisotopic (exact) mass is 167 g/mol. The molecule has 0 aliphatic carbocycles. The zero-order valence-electron chi connectivity index (χ0n) is 7.50. The molecule has 2 aliphatic heterocycles. The molecule has 1 unspecified atom stereocenters. The van der Waals surface area contributed by atoms with E-state index in [0.717, 1.165) is 13.1 Å². The molecule has 0 bridgehead atoms. The van der Waals surface area contributed by atoms with Crippen LogP contribution in [0.5, 0.6) is 0 Å². The van der Waals surface area contributed by atoms with Gasteiger partial charge >= 0.3 is 0 Å². The van der Waals surface area contributed by atoms with Crippen LogP contribution in [0.1, 0.15) is 19.3 Å². The van der Waals surface area contributed by atoms with Gasteiger partial charge in [0.1, 0.15) is 6.17 Å². The minimum absolute atomic E-state index is 0.501. The molecule has 0 aromatic carbocycles. The maximum Gasteiger partial charge on any atom is 0.102 e. The van der Waals surface area contributed by atoms with Crippen LogP contribution in [0.2, 0.25) is 0 Å². The van der Waals surface area contributed by atoms with Gasteiger partial charge in [-0.25, -0.2) is 0 Å². The molecule has 0 spiro atoms. The summed E-state index contributed by atoms with van der Waals surface area (Å²) in [4.78, 5) is 7.02. The molecule has 3 nitrogen and oxygen atoms in total. The highest BCUT2D eigenvalue weighted by molar-refractivity contribution is 5.58. The van der Waals surface area contributed by atoms with Crippen molar-refractivity contribution in [1.29, 1.82) is 0 Å². The Bertz CT molecular complexity index is 161. The molecule has 1 N–H and O–H groups in total. The van der Waals surface area contributed by atoms with E-state index in [-0.39, 0.29) is 0 Å². The third kappa shape index (κ3) is 1.84. The lowest BCUT2D eigenvalue weighted by Gasteiger charge is -2.33. The van der Waals surface area contributed by atoms with Gasteiger partial charge in [-0.15, -0.1) is 0 Å². The summed E-state index contributed by atoms with van der Waals surface area (Å²) >= 11 is 0. The van der Waals surface area contributed by atoms with E-state index in [1.54, 1.807) is 0 Å². The van der Waals surface area contributed by atoms with Crippen LogP contribution in [0, 0.1) is 0 Å². The van der Waals surface area contributed by atoms with Crippen molar-refractivity contribution in [1.82, 2.24) is 10.2 Å². The summed E-state index contributed by atoms with van der Waals surface area (Å²) in [6.07, 6.45) is 6.36. The fourth-order valence-corrected chi connectivity index (χ4v) is 1.92. The molecule has 0 saturated carbocycles. The van der Waals surface area contributed by atoms with Crippen molar-refractivity contribution >= 4 is 6.21 Å². The van der Waals surface area contributed by atoms with Gasteiger partial charge in [0.15, 0.2) is 0 Å². The molecular formula is C9H17N3. The van der Waals surface area contributed by atoms with Crippen LogP contribution < -0.4 is 5.32 Å². The third-order valence-corrected chi connectivity index (χ3v) is 2.65. The average molecular weight is 167 g/mol. The molecule has 2 rings (SSSR count). The highest BCUT2D eigenvalue weighted by atomic mass is 15.3. The predicted molar refractivity (Wildman–Crippen MR) is 50.6 cm³/mol. The van der Waals surface area contributed by atoms with E-state index >= 15 is 0 Å². The maximum absolute atomic E-state index is 4.53. The highest BCUT2D eigenvalue weighted by Crippen LogP contribution is 2.14. The topological polar surface area (TPSA) is 27.6 Å². The summed E-state index contributed by atoms with van der Waals surface area (Å²) in [5, 5.41) is 3.36. The summed E-state index contributed by atoms with van der Waals surface area (Å²) in [5.74, 6) is 0. The van der Waals surface area contributed by atoms with E-state index in [4.69, 9.17) is 0 Å². The van der Waals surface area contributed by atoms with Gasteiger partial charge in [0.05, 0.1) is 0 Å². The van der Waals surface area contributed by atoms with Crippen LogP contribution in [-0.2, 0) is 0 Å². The number of nitrogens with zero attached hydrogens (tertiary/aromatic N) is 2. The molecule has 12 heavy (non-hydrogen) atoms. The Balaban J connectivity index is 1.88. The lowest BCUT2D eigenvalue weighted by Crippen LogP contribution is -2.48. The Morgan fingerprint density at radius 2 is 2.17 bits per heavy atom. The molecule has 0 aromatic heterocycles. The third-order valence-electron chi connectivity index (χ3n) is 2.65. The zero-order valence-corrected chi connectivity index (χ0v) is 7.50. The lowest BCUT2D eigenvalue weighted by atomic mass is 10.1. The zero-order chi connectivity index (χ0) is 8.23. The second-order valence-corrected chi connectivity index (χ2v) is 3.53. The summed E-state index contributed by atoms with van der Waals surface area (Å²) in [6.45, 7) is 4.60. The van der Waals surface area contributed by atoms with Crippen LogP contribution >= 0.6 is 0 Å². The molecule has 1 atom stereocenters. The highest BCUT2D eigenvalue weighted by Gasteiger charge is 2.19. The summed E-state index contributed by atoms with van der Waals surface area (Å²) in [5.41, 5.74) is 0. The van der Waals surface area contributed by atoms with Crippen LogP contribution in [0.15, 0.2) is 4.99 Å². The van der Waals surface area contributed by atoms with E-state index < -0.39 is 0 Å². The van der Waals surface area contributed by atoms with Crippen LogP contribution in [0.25, 0.3) is 0 Å². The van der Waals surface area contributed by atoms with Crippen molar-refractivity contribution in [2.45, 2.75) is 25.4 Å². The van der Waals surface area contributed by atoms with Crippen molar-refractivity contribution < 1.29 is 0 Å². The van der Waals surface area contributed by atoms with E-state index in [1.807, 2.05) is 0 Å². The molecular weight excluding hydrogens is 150 g/mol. The summed E-state index contributed by atoms with van der Waals surface area (Å²) in [7, 11) is 0. The first-order valence-corrected chi connectivity index (χ1v) is 4.93. The van der Waals surface area contributed by atoms with Crippen molar-refractivity contribution in [3.63, 3.8) is 0 Å². The number of aliphatic imine (C=N–C) groups is 1. The molecule has 0 radical (unpaired) electrons. The lowest BCUT2D eigenvalue weighted by molar-refractivity contribution is 0.166. The molecule has 0 amide bonds. The fraction of sp³-hybridized carbons (Fsp3) is 0.889. The Kier molecular flexibility index (Phi) is 2.74. The second-order valence-electron chi connectivity index (χ2n) is 3.53. The first-order chi connectivity index (χ1) is 5.97. The van der Waals surface area contributed by atoms with Crippen molar-refractivity contribution in [3.05, 3.63) is 0 Å². The van der Waals surface area contributed by atoms with Gasteiger partial charge in [0, 0.05) is 32.4 Å². The fourth-order valence-electron chi connectivity index (χ4n) is 1.92. The van der Waals surface area contributed by atoms with Gasteiger partial charge in [-0.1, -0.05) is 0 Å². The van der Waals surface area contributed by atoms with E-state index in [1.165, 1.54) is 32.4 Å². The first kappa shape index (κ1) is 8.20. The largest absolute Gasteiger partial charge is 0.314 e. The van der Waals surface area contributed by atoms with Gasteiger partial charge < -0.3 is 5.32 Å². The van der Waals surface area contributed by atoms with E-state index in [9.17, 15) is 0 Å². The minimum Gasteiger partial charge on any atom is -0.314 e. The van der Waals surface area contributed by atoms with Gasteiger partial charge in [-0.3, -0.25) is 9.89 Å². The Hall–Kier alpha value is -0.410. The minimum atomic E-state index is 0.501. The van der Waals surface area contributed by atoms with Gasteiger partial charge in [0.25, 0.3) is 0 Å². The van der Waals surface area contributed by atoms with Gasteiger partial charge in [-0.05, 0) is 19.3 Å². The standard InChI is InChI=1S/C9H17N3/c1-2-4-11-9(3-1)12-7-5-10-6-8-12/h4,9-10H,1-3,5-8H2. The SMILES string of the molecule is C1=NC(N2CCNCC2)CCC1. The Labute approximate surface area is 73.9 Å². The normalized spacial score (nSPS) is 32.2. The van der Waals surface area contributed by atoms with Crippen molar-refractivity contribution in [2.75, 3.05) is 26.2 Å². The average Bonchev–Trinajstić information content (AvgIpc) is 2.21. The smallest absolute Gasteiger partial charge is 0.102 e. The Morgan fingerprint density at radius 3 is 2.83 bits per heavy atom. The molecule has 1 fully saturated rings. The van der Waals surface area contributed by atoms with Gasteiger partial charge in [-0.2, -0.15) is 0 Å². The molecule has 3 heteroatoms. The molecule has 2 heterocycles. The van der Waals surface area contributed by atoms with Crippen LogP contribution in [-0.4, -0.2) is 43.5 Å². The van der Waals surface area contributed by atoms with Gasteiger partial charge in [0.2, 0.25) is 0 Å². The van der Waals surface area contributed by atoms with E-state index in [2.05, 4.69) is 21.4 Å². The maximum atomic E-state index is 4.53. The van der Waals surface area contributed by atoms with Crippen LogP contribution in [0.3, 0.4) is 0 Å². The van der Waals surface area contributed by atoms with Crippen molar-refractivity contribution in [3.8, 4) is 0 Å². The number of hydrogen-bond acceptors (Lipinski definition) is 3. The quantitative estimate of drug-likeness (QED) is 0.615. The molecule has 1 saturated heterocycles. The van der Waals surface area contributed by atoms with Crippen LogP contribution in [0.4, 0.5) is 0 Å². The van der Waals surface area contributed by atoms with E-state index in [0.29, 0.717) is 6.17 Å². The number of rotatable bonds is 1. The molecule has 68 valence electrons. The summed E-state index contributed by atoms with van der Waals surface area (Å²) in [6, 6.07) is 0. The summed E-state index contributed by atoms with van der Waals surface area (Å²) < 4.78 is 0. The Morgan fingerprint density at radius 1 is 1.33 bits per heavy atom. The molecule has 2 aliphatic rings.